The molecule has 5 heteroatoms. The van der Waals surface area contributed by atoms with Gasteiger partial charge in [-0.25, -0.2) is 0 Å². The number of nitrogens with two attached hydrogens (primary N) is 1. The molecule has 4 N–H and O–H groups in total. The van der Waals surface area contributed by atoms with Crippen molar-refractivity contribution in [2.24, 2.45) is 11.7 Å². The molecule has 1 saturated carbocycles. The van der Waals surface area contributed by atoms with Gasteiger partial charge in [0, 0.05) is 5.92 Å². The molecule has 1 fully saturated rings. The maximum Gasteiger partial charge on any atom is 0.248 e. The summed E-state index contributed by atoms with van der Waals surface area (Å²) in [6.45, 7) is -0.0787. The van der Waals surface area contributed by atoms with Crippen molar-refractivity contribution in [3.05, 3.63) is 0 Å². The Morgan fingerprint density at radius 2 is 2.00 bits per heavy atom. The normalized spacial score (nSPS) is 19.2. The van der Waals surface area contributed by atoms with Crippen LogP contribution in [-0.4, -0.2) is 29.6 Å². The van der Waals surface area contributed by atoms with Crippen LogP contribution in [0.25, 0.3) is 0 Å². The summed E-state index contributed by atoms with van der Waals surface area (Å²) >= 11 is 0. The second-order valence-corrected chi connectivity index (χ2v) is 3.64. The summed E-state index contributed by atoms with van der Waals surface area (Å²) in [5.74, 6) is -0.838. The summed E-state index contributed by atoms with van der Waals surface area (Å²) in [7, 11) is 0. The number of hydrogen-bond acceptors (Lipinski definition) is 3. The van der Waals surface area contributed by atoms with Crippen LogP contribution in [0, 0.1) is 5.92 Å². The fourth-order valence-electron chi connectivity index (χ4n) is 1.63. The van der Waals surface area contributed by atoms with Crippen molar-refractivity contribution in [1.82, 2.24) is 5.32 Å². The Morgan fingerprint density at radius 3 is 2.50 bits per heavy atom. The molecule has 1 aliphatic carbocycles. The van der Waals surface area contributed by atoms with Crippen LogP contribution in [0.15, 0.2) is 0 Å². The van der Waals surface area contributed by atoms with E-state index in [-0.39, 0.29) is 18.4 Å². The van der Waals surface area contributed by atoms with Crippen molar-refractivity contribution >= 4 is 11.8 Å². The maximum atomic E-state index is 11.4. The largest absolute Gasteiger partial charge is 0.381 e. The molecule has 0 radical (unpaired) electrons. The molecule has 14 heavy (non-hydrogen) atoms. The number of aliphatic hydroxyl groups is 1. The summed E-state index contributed by atoms with van der Waals surface area (Å²) in [6, 6.07) is 0. The van der Waals surface area contributed by atoms with E-state index in [0.29, 0.717) is 0 Å². The van der Waals surface area contributed by atoms with Gasteiger partial charge in [-0.05, 0) is 12.8 Å². The molecule has 0 aromatic carbocycles. The zero-order valence-electron chi connectivity index (χ0n) is 8.03. The zero-order valence-corrected chi connectivity index (χ0v) is 8.03. The van der Waals surface area contributed by atoms with Crippen molar-refractivity contribution in [2.45, 2.75) is 31.8 Å². The second kappa shape index (κ2) is 4.95. The van der Waals surface area contributed by atoms with Gasteiger partial charge < -0.3 is 16.2 Å². The zero-order chi connectivity index (χ0) is 10.6. The van der Waals surface area contributed by atoms with Crippen LogP contribution in [0.2, 0.25) is 0 Å². The summed E-state index contributed by atoms with van der Waals surface area (Å²) in [6.07, 6.45) is 2.68. The molecule has 2 amide bonds. The number of primary amides is 1. The minimum absolute atomic E-state index is 0.0510. The van der Waals surface area contributed by atoms with E-state index in [9.17, 15) is 9.59 Å². The monoisotopic (exact) mass is 200 g/mol. The fourth-order valence-corrected chi connectivity index (χ4v) is 1.63. The van der Waals surface area contributed by atoms with Gasteiger partial charge >= 0.3 is 0 Å². The van der Waals surface area contributed by atoms with Crippen LogP contribution < -0.4 is 11.1 Å². The lowest BCUT2D eigenvalue weighted by molar-refractivity contribution is -0.128. The molecule has 0 saturated heterocycles. The Morgan fingerprint density at radius 1 is 1.43 bits per heavy atom. The van der Waals surface area contributed by atoms with Crippen LogP contribution >= 0.6 is 0 Å². The Hall–Kier alpha value is -1.10. The van der Waals surface area contributed by atoms with Gasteiger partial charge in [0.2, 0.25) is 11.8 Å². The average Bonchev–Trinajstić information content (AvgIpc) is 2.66. The minimum atomic E-state index is -1.28. The lowest BCUT2D eigenvalue weighted by Gasteiger charge is -2.11. The van der Waals surface area contributed by atoms with Crippen molar-refractivity contribution in [3.63, 3.8) is 0 Å². The molecule has 1 atom stereocenters. The van der Waals surface area contributed by atoms with E-state index in [1.165, 1.54) is 0 Å². The molecule has 1 unspecified atom stereocenters. The topological polar surface area (TPSA) is 92.4 Å². The number of carbonyl (C=O) groups is 2. The van der Waals surface area contributed by atoms with Gasteiger partial charge in [0.05, 0.1) is 6.54 Å². The first-order valence-electron chi connectivity index (χ1n) is 4.86. The van der Waals surface area contributed by atoms with Crippen LogP contribution in [0.3, 0.4) is 0 Å². The van der Waals surface area contributed by atoms with Gasteiger partial charge in [-0.1, -0.05) is 12.8 Å². The predicted octanol–water partition coefficient (Wildman–Crippen LogP) is -0.861. The van der Waals surface area contributed by atoms with Gasteiger partial charge in [-0.3, -0.25) is 9.59 Å². The fraction of sp³-hybridized carbons (Fsp3) is 0.778. The first-order chi connectivity index (χ1) is 6.61. The molecule has 0 heterocycles. The molecule has 0 bridgehead atoms. The van der Waals surface area contributed by atoms with Crippen LogP contribution in [0.5, 0.6) is 0 Å². The van der Waals surface area contributed by atoms with E-state index in [1.54, 1.807) is 0 Å². The van der Waals surface area contributed by atoms with E-state index >= 15 is 0 Å². The number of nitrogens with one attached hydrogen (secondary N) is 1. The van der Waals surface area contributed by atoms with Gasteiger partial charge in [0.15, 0.2) is 0 Å². The highest BCUT2D eigenvalue weighted by atomic mass is 16.3. The van der Waals surface area contributed by atoms with Gasteiger partial charge in [-0.2, -0.15) is 0 Å². The van der Waals surface area contributed by atoms with E-state index in [4.69, 9.17) is 10.8 Å². The number of carbonyl (C=O) groups excluding carboxylic acids is 2. The average molecular weight is 200 g/mol. The van der Waals surface area contributed by atoms with E-state index in [0.717, 1.165) is 25.7 Å². The Labute approximate surface area is 82.7 Å². The molecule has 0 spiro atoms. The lowest BCUT2D eigenvalue weighted by Crippen LogP contribution is -2.41. The van der Waals surface area contributed by atoms with Crippen molar-refractivity contribution in [3.8, 4) is 0 Å². The quantitative estimate of drug-likeness (QED) is 0.551. The van der Waals surface area contributed by atoms with Crippen molar-refractivity contribution < 1.29 is 14.7 Å². The summed E-state index contributed by atoms with van der Waals surface area (Å²) in [5, 5.41) is 11.5. The number of aliphatic hydroxyl groups excluding tert-OH is 1. The molecule has 1 rings (SSSR count). The molecule has 0 aliphatic heterocycles. The van der Waals surface area contributed by atoms with E-state index < -0.39 is 12.0 Å². The van der Waals surface area contributed by atoms with Crippen molar-refractivity contribution in [1.29, 1.82) is 0 Å². The summed E-state index contributed by atoms with van der Waals surface area (Å²) in [4.78, 5) is 21.9. The third kappa shape index (κ3) is 2.99. The highest BCUT2D eigenvalue weighted by molar-refractivity contribution is 5.82. The summed E-state index contributed by atoms with van der Waals surface area (Å²) < 4.78 is 0. The molecule has 1 aliphatic rings. The minimum Gasteiger partial charge on any atom is -0.381 e. The summed E-state index contributed by atoms with van der Waals surface area (Å²) in [5.41, 5.74) is 4.84. The molecular formula is C9H16N2O3. The Balaban J connectivity index is 2.23. The molecule has 0 aromatic heterocycles. The lowest BCUT2D eigenvalue weighted by atomic mass is 10.1. The van der Waals surface area contributed by atoms with Crippen LogP contribution in [0.1, 0.15) is 25.7 Å². The first kappa shape index (κ1) is 11.0. The Kier molecular flexibility index (Phi) is 3.88. The first-order valence-corrected chi connectivity index (χ1v) is 4.86. The highest BCUT2D eigenvalue weighted by Crippen LogP contribution is 2.24. The van der Waals surface area contributed by atoms with Gasteiger partial charge in [0.25, 0.3) is 0 Å². The molecule has 0 aromatic rings. The standard InChI is InChI=1S/C9H16N2O3/c10-8(13)7(12)5-11-9(14)6-3-1-2-4-6/h6-7,12H,1-5H2,(H2,10,13)(H,11,14). The van der Waals surface area contributed by atoms with E-state index in [1.807, 2.05) is 0 Å². The third-order valence-electron chi connectivity index (χ3n) is 2.52. The van der Waals surface area contributed by atoms with Crippen molar-refractivity contribution in [2.75, 3.05) is 6.54 Å². The molecule has 5 nitrogen and oxygen atoms in total. The molecular weight excluding hydrogens is 184 g/mol. The highest BCUT2D eigenvalue weighted by Gasteiger charge is 2.23. The Bertz CT molecular complexity index is 224. The van der Waals surface area contributed by atoms with Crippen LogP contribution in [-0.2, 0) is 9.59 Å². The predicted molar refractivity (Wildman–Crippen MR) is 50.2 cm³/mol. The maximum absolute atomic E-state index is 11.4. The van der Waals surface area contributed by atoms with Crippen LogP contribution in [0.4, 0.5) is 0 Å². The number of amides is 2. The third-order valence-corrected chi connectivity index (χ3v) is 2.52. The van der Waals surface area contributed by atoms with Gasteiger partial charge in [0.1, 0.15) is 6.10 Å². The molecule has 80 valence electrons. The second-order valence-electron chi connectivity index (χ2n) is 3.64. The van der Waals surface area contributed by atoms with Gasteiger partial charge in [-0.15, -0.1) is 0 Å². The number of rotatable bonds is 4. The SMILES string of the molecule is NC(=O)C(O)CNC(=O)C1CCCC1. The smallest absolute Gasteiger partial charge is 0.248 e. The number of hydrogen-bond donors (Lipinski definition) is 3. The van der Waals surface area contributed by atoms with E-state index in [2.05, 4.69) is 5.32 Å².